The van der Waals surface area contributed by atoms with Crippen LogP contribution in [-0.4, -0.2) is 23.6 Å². The van der Waals surface area contributed by atoms with Crippen LogP contribution in [0.25, 0.3) is 0 Å². The van der Waals surface area contributed by atoms with Gasteiger partial charge in [0.25, 0.3) is 0 Å². The first-order valence-electron chi connectivity index (χ1n) is 8.74. The molecular weight excluding hydrogens is 340 g/mol. The van der Waals surface area contributed by atoms with Crippen molar-refractivity contribution in [1.29, 1.82) is 0 Å². The summed E-state index contributed by atoms with van der Waals surface area (Å²) in [7, 11) is 1.34. The predicted octanol–water partition coefficient (Wildman–Crippen LogP) is 4.20. The molecule has 27 heavy (non-hydrogen) atoms. The van der Waals surface area contributed by atoms with Crippen LogP contribution in [0.3, 0.4) is 0 Å². The number of ether oxygens (including phenoxy) is 1. The predicted molar refractivity (Wildman–Crippen MR) is 105 cm³/mol. The maximum absolute atomic E-state index is 12.6. The highest BCUT2D eigenvalue weighted by atomic mass is 16.5. The molecule has 0 spiro atoms. The van der Waals surface area contributed by atoms with Crippen molar-refractivity contribution < 1.29 is 14.3 Å². The standard InChI is InChI=1S/C22H22N2O3/c1-16-6-5-7-18(14-16)20(24-12-3-4-13-24)15-21(25)23-19-10-8-17(9-11-19)22(26)27-2/h3-14,20H,15H2,1-2H3,(H,23,25)/t20-/m0/s1. The molecule has 5 nitrogen and oxygen atoms in total. The second kappa shape index (κ2) is 8.36. The zero-order chi connectivity index (χ0) is 19.2. The molecule has 138 valence electrons. The van der Waals surface area contributed by atoms with Crippen LogP contribution in [0.2, 0.25) is 0 Å². The summed E-state index contributed by atoms with van der Waals surface area (Å²) < 4.78 is 6.72. The van der Waals surface area contributed by atoms with E-state index in [4.69, 9.17) is 0 Å². The lowest BCUT2D eigenvalue weighted by atomic mass is 10.0. The van der Waals surface area contributed by atoms with Crippen LogP contribution in [0.4, 0.5) is 5.69 Å². The van der Waals surface area contributed by atoms with Crippen molar-refractivity contribution in [2.45, 2.75) is 19.4 Å². The van der Waals surface area contributed by atoms with E-state index in [2.05, 4.69) is 16.1 Å². The minimum Gasteiger partial charge on any atom is -0.465 e. The van der Waals surface area contributed by atoms with Crippen LogP contribution >= 0.6 is 0 Å². The Morgan fingerprint density at radius 2 is 1.74 bits per heavy atom. The van der Waals surface area contributed by atoms with E-state index < -0.39 is 5.97 Å². The fraction of sp³-hybridized carbons (Fsp3) is 0.182. The molecule has 1 amide bonds. The monoisotopic (exact) mass is 362 g/mol. The van der Waals surface area contributed by atoms with E-state index >= 15 is 0 Å². The fourth-order valence-electron chi connectivity index (χ4n) is 3.02. The van der Waals surface area contributed by atoms with Gasteiger partial charge in [-0.2, -0.15) is 0 Å². The van der Waals surface area contributed by atoms with Crippen LogP contribution in [0.5, 0.6) is 0 Å². The highest BCUT2D eigenvalue weighted by molar-refractivity contribution is 5.93. The summed E-state index contributed by atoms with van der Waals surface area (Å²) in [6.07, 6.45) is 4.23. The summed E-state index contributed by atoms with van der Waals surface area (Å²) >= 11 is 0. The minimum absolute atomic E-state index is 0.0887. The van der Waals surface area contributed by atoms with Gasteiger partial charge in [0, 0.05) is 18.1 Å². The third-order valence-corrected chi connectivity index (χ3v) is 4.38. The molecule has 0 radical (unpaired) electrons. The van der Waals surface area contributed by atoms with Gasteiger partial charge in [-0.3, -0.25) is 4.79 Å². The molecule has 0 aliphatic rings. The van der Waals surface area contributed by atoms with Gasteiger partial charge in [-0.1, -0.05) is 29.8 Å². The number of amides is 1. The minimum atomic E-state index is -0.403. The fourth-order valence-corrected chi connectivity index (χ4v) is 3.02. The molecule has 1 atom stereocenters. The molecule has 3 aromatic rings. The number of hydrogen-bond acceptors (Lipinski definition) is 3. The van der Waals surface area contributed by atoms with Crippen molar-refractivity contribution in [3.63, 3.8) is 0 Å². The molecule has 0 saturated heterocycles. The van der Waals surface area contributed by atoms with Crippen molar-refractivity contribution in [3.8, 4) is 0 Å². The second-order valence-electron chi connectivity index (χ2n) is 6.38. The topological polar surface area (TPSA) is 60.3 Å². The number of aryl methyl sites for hydroxylation is 1. The third kappa shape index (κ3) is 4.64. The normalized spacial score (nSPS) is 11.6. The summed E-state index contributed by atoms with van der Waals surface area (Å²) in [5.74, 6) is -0.499. The highest BCUT2D eigenvalue weighted by Gasteiger charge is 2.18. The summed E-state index contributed by atoms with van der Waals surface area (Å²) in [6, 6.07) is 18.6. The summed E-state index contributed by atoms with van der Waals surface area (Å²) in [6.45, 7) is 2.04. The molecule has 0 aliphatic carbocycles. The van der Waals surface area contributed by atoms with Gasteiger partial charge >= 0.3 is 5.97 Å². The number of carbonyl (C=O) groups is 2. The number of nitrogens with zero attached hydrogens (tertiary/aromatic N) is 1. The van der Waals surface area contributed by atoms with Crippen molar-refractivity contribution in [2.75, 3.05) is 12.4 Å². The van der Waals surface area contributed by atoms with E-state index in [1.165, 1.54) is 7.11 Å². The van der Waals surface area contributed by atoms with Gasteiger partial charge < -0.3 is 14.6 Å². The number of aromatic nitrogens is 1. The summed E-state index contributed by atoms with van der Waals surface area (Å²) in [5.41, 5.74) is 3.33. The zero-order valence-corrected chi connectivity index (χ0v) is 15.4. The Morgan fingerprint density at radius 1 is 1.04 bits per heavy atom. The summed E-state index contributed by atoms with van der Waals surface area (Å²) in [4.78, 5) is 24.1. The molecule has 1 aromatic heterocycles. The first kappa shape index (κ1) is 18.5. The Balaban J connectivity index is 1.74. The number of methoxy groups -OCH3 is 1. The smallest absolute Gasteiger partial charge is 0.337 e. The molecule has 5 heteroatoms. The molecule has 0 unspecified atom stereocenters. The molecule has 2 aromatic carbocycles. The van der Waals surface area contributed by atoms with Gasteiger partial charge in [0.1, 0.15) is 0 Å². The zero-order valence-electron chi connectivity index (χ0n) is 15.4. The second-order valence-corrected chi connectivity index (χ2v) is 6.38. The lowest BCUT2D eigenvalue weighted by Crippen LogP contribution is -2.19. The maximum atomic E-state index is 12.6. The van der Waals surface area contributed by atoms with E-state index in [0.717, 1.165) is 11.1 Å². The highest BCUT2D eigenvalue weighted by Crippen LogP contribution is 2.24. The Bertz CT molecular complexity index is 915. The van der Waals surface area contributed by atoms with Gasteiger partial charge in [0.15, 0.2) is 0 Å². The van der Waals surface area contributed by atoms with Gasteiger partial charge in [0.05, 0.1) is 25.1 Å². The average molecular weight is 362 g/mol. The lowest BCUT2D eigenvalue weighted by Gasteiger charge is -2.20. The van der Waals surface area contributed by atoms with Crippen LogP contribution in [0.1, 0.15) is 33.9 Å². The lowest BCUT2D eigenvalue weighted by molar-refractivity contribution is -0.116. The number of hydrogen-bond donors (Lipinski definition) is 1. The Kier molecular flexibility index (Phi) is 5.71. The molecular formula is C22H22N2O3. The van der Waals surface area contributed by atoms with E-state index in [0.29, 0.717) is 17.7 Å². The average Bonchev–Trinajstić information content (AvgIpc) is 3.20. The van der Waals surface area contributed by atoms with Gasteiger partial charge in [0.2, 0.25) is 5.91 Å². The van der Waals surface area contributed by atoms with Crippen LogP contribution in [-0.2, 0) is 9.53 Å². The quantitative estimate of drug-likeness (QED) is 0.669. The molecule has 3 rings (SSSR count). The molecule has 0 aliphatic heterocycles. The molecule has 0 bridgehead atoms. The van der Waals surface area contributed by atoms with Crippen LogP contribution < -0.4 is 5.32 Å². The summed E-state index contributed by atoms with van der Waals surface area (Å²) in [5, 5.41) is 2.90. The Morgan fingerprint density at radius 3 is 2.37 bits per heavy atom. The van der Waals surface area contributed by atoms with E-state index in [1.807, 2.05) is 54.2 Å². The van der Waals surface area contributed by atoms with Gasteiger partial charge in [-0.15, -0.1) is 0 Å². The van der Waals surface area contributed by atoms with Gasteiger partial charge in [-0.25, -0.2) is 4.79 Å². The van der Waals surface area contributed by atoms with Gasteiger partial charge in [-0.05, 0) is 48.9 Å². The molecule has 1 N–H and O–H groups in total. The Hall–Kier alpha value is -3.34. The first-order valence-corrected chi connectivity index (χ1v) is 8.74. The number of carbonyl (C=O) groups excluding carboxylic acids is 2. The number of esters is 1. The van der Waals surface area contributed by atoms with Crippen molar-refractivity contribution in [2.24, 2.45) is 0 Å². The van der Waals surface area contributed by atoms with E-state index in [-0.39, 0.29) is 11.9 Å². The molecule has 0 fully saturated rings. The largest absolute Gasteiger partial charge is 0.465 e. The third-order valence-electron chi connectivity index (χ3n) is 4.38. The first-order chi connectivity index (χ1) is 13.1. The van der Waals surface area contributed by atoms with Crippen LogP contribution in [0, 0.1) is 6.92 Å². The number of rotatable bonds is 6. The van der Waals surface area contributed by atoms with E-state index in [1.54, 1.807) is 24.3 Å². The molecule has 1 heterocycles. The Labute approximate surface area is 158 Å². The van der Waals surface area contributed by atoms with Crippen molar-refractivity contribution in [3.05, 3.63) is 89.7 Å². The SMILES string of the molecule is COC(=O)c1ccc(NC(=O)C[C@@H](c2cccc(C)c2)n2cccc2)cc1. The van der Waals surface area contributed by atoms with E-state index in [9.17, 15) is 9.59 Å². The maximum Gasteiger partial charge on any atom is 0.337 e. The number of anilines is 1. The number of benzene rings is 2. The van der Waals surface area contributed by atoms with Crippen molar-refractivity contribution >= 4 is 17.6 Å². The van der Waals surface area contributed by atoms with Crippen LogP contribution in [0.15, 0.2) is 73.1 Å². The molecule has 0 saturated carbocycles. The number of nitrogens with one attached hydrogen (secondary N) is 1. The van der Waals surface area contributed by atoms with Crippen molar-refractivity contribution in [1.82, 2.24) is 4.57 Å².